The van der Waals surface area contributed by atoms with Crippen LogP contribution in [0.5, 0.6) is 0 Å². The van der Waals surface area contributed by atoms with E-state index in [1.807, 2.05) is 41.5 Å². The van der Waals surface area contributed by atoms with E-state index < -0.39 is 17.3 Å². The van der Waals surface area contributed by atoms with Crippen molar-refractivity contribution < 1.29 is 19.1 Å². The predicted octanol–water partition coefficient (Wildman–Crippen LogP) is 6.04. The standard InChI is InChI=1S/C29H42N4O4/c1-28(2,3)36-26(34)32-16-10-13-23(19-32)25-24(20-33(30-25)27(35)37-29(4,5)6)22-12-9-11-21(17-22)18-31-14-7-8-15-31/h9,11-12,17,20,23H,7-8,10,13-16,18-19H2,1-6H3/t23-/m1/s1. The third-order valence-corrected chi connectivity index (χ3v) is 6.63. The number of ether oxygens (including phenoxy) is 2. The first-order chi connectivity index (χ1) is 17.4. The molecule has 8 heteroatoms. The van der Waals surface area contributed by atoms with Gasteiger partial charge in [0.25, 0.3) is 0 Å². The SMILES string of the molecule is CC(C)(C)OC(=O)N1CCC[C@@H](c2nn(C(=O)OC(C)(C)C)cc2-c2cccc(CN3CCCC3)c2)C1. The number of rotatable bonds is 4. The van der Waals surface area contributed by atoms with E-state index in [-0.39, 0.29) is 12.0 Å². The highest BCUT2D eigenvalue weighted by Gasteiger charge is 2.32. The lowest BCUT2D eigenvalue weighted by atomic mass is 9.90. The van der Waals surface area contributed by atoms with Crippen molar-refractivity contribution in [1.82, 2.24) is 19.6 Å². The van der Waals surface area contributed by atoms with E-state index in [0.29, 0.717) is 13.1 Å². The van der Waals surface area contributed by atoms with Crippen molar-refractivity contribution in [2.24, 2.45) is 0 Å². The Morgan fingerprint density at radius 2 is 1.62 bits per heavy atom. The maximum Gasteiger partial charge on any atom is 0.435 e. The summed E-state index contributed by atoms with van der Waals surface area (Å²) in [6.07, 6.45) is 5.20. The van der Waals surface area contributed by atoms with Gasteiger partial charge in [0.2, 0.25) is 0 Å². The number of hydrogen-bond donors (Lipinski definition) is 0. The van der Waals surface area contributed by atoms with Crippen LogP contribution in [0.25, 0.3) is 11.1 Å². The third kappa shape index (κ3) is 7.34. The highest BCUT2D eigenvalue weighted by Crippen LogP contribution is 2.35. The lowest BCUT2D eigenvalue weighted by molar-refractivity contribution is 0.0196. The van der Waals surface area contributed by atoms with Crippen molar-refractivity contribution in [3.8, 4) is 11.1 Å². The number of hydrogen-bond acceptors (Lipinski definition) is 6. The van der Waals surface area contributed by atoms with Crippen molar-refractivity contribution in [2.75, 3.05) is 26.2 Å². The monoisotopic (exact) mass is 510 g/mol. The van der Waals surface area contributed by atoms with Crippen LogP contribution in [0.15, 0.2) is 30.5 Å². The third-order valence-electron chi connectivity index (χ3n) is 6.63. The van der Waals surface area contributed by atoms with Crippen molar-refractivity contribution in [3.05, 3.63) is 41.7 Å². The number of piperidine rings is 1. The number of carbonyl (C=O) groups is 2. The minimum atomic E-state index is -0.628. The normalized spacial score (nSPS) is 19.2. The van der Waals surface area contributed by atoms with Gasteiger partial charge in [-0.15, -0.1) is 0 Å². The van der Waals surface area contributed by atoms with Crippen molar-refractivity contribution >= 4 is 12.2 Å². The lowest BCUT2D eigenvalue weighted by Gasteiger charge is -2.33. The van der Waals surface area contributed by atoms with E-state index in [0.717, 1.165) is 49.3 Å². The van der Waals surface area contributed by atoms with Crippen LogP contribution in [-0.4, -0.2) is 69.1 Å². The van der Waals surface area contributed by atoms with E-state index in [9.17, 15) is 9.59 Å². The number of likely N-dealkylation sites (tertiary alicyclic amines) is 2. The molecule has 0 N–H and O–H groups in total. The molecule has 2 aromatic rings. The van der Waals surface area contributed by atoms with E-state index in [1.54, 1.807) is 11.1 Å². The molecule has 1 aromatic carbocycles. The number of carbonyl (C=O) groups excluding carboxylic acids is 2. The van der Waals surface area contributed by atoms with E-state index >= 15 is 0 Å². The summed E-state index contributed by atoms with van der Waals surface area (Å²) in [6.45, 7) is 15.5. The van der Waals surface area contributed by atoms with Crippen LogP contribution in [0.2, 0.25) is 0 Å². The molecule has 0 unspecified atom stereocenters. The van der Waals surface area contributed by atoms with Gasteiger partial charge in [-0.1, -0.05) is 18.2 Å². The smallest absolute Gasteiger partial charge is 0.435 e. The molecule has 0 saturated carbocycles. The molecule has 1 atom stereocenters. The molecular weight excluding hydrogens is 468 g/mol. The topological polar surface area (TPSA) is 76.9 Å². The molecule has 0 aliphatic carbocycles. The molecule has 3 heterocycles. The zero-order chi connectivity index (χ0) is 26.8. The summed E-state index contributed by atoms with van der Waals surface area (Å²) in [7, 11) is 0. The number of amides is 1. The zero-order valence-electron chi connectivity index (χ0n) is 23.2. The Balaban J connectivity index is 1.65. The maximum absolute atomic E-state index is 13.0. The maximum atomic E-state index is 13.0. The van der Waals surface area contributed by atoms with Gasteiger partial charge in [0.15, 0.2) is 0 Å². The average Bonchev–Trinajstić information content (AvgIpc) is 3.47. The minimum absolute atomic E-state index is 0.0119. The summed E-state index contributed by atoms with van der Waals surface area (Å²) in [5, 5.41) is 4.75. The second-order valence-electron chi connectivity index (χ2n) is 12.3. The molecule has 2 fully saturated rings. The molecule has 37 heavy (non-hydrogen) atoms. The first-order valence-electron chi connectivity index (χ1n) is 13.5. The Morgan fingerprint density at radius 1 is 0.946 bits per heavy atom. The van der Waals surface area contributed by atoms with Crippen LogP contribution in [-0.2, 0) is 16.0 Å². The summed E-state index contributed by atoms with van der Waals surface area (Å²) in [5.74, 6) is -0.0119. The molecule has 0 radical (unpaired) electrons. The Morgan fingerprint density at radius 3 is 2.30 bits per heavy atom. The predicted molar refractivity (Wildman–Crippen MR) is 144 cm³/mol. The summed E-state index contributed by atoms with van der Waals surface area (Å²) in [5.41, 5.74) is 2.81. The first kappa shape index (κ1) is 27.2. The number of aromatic nitrogens is 2. The molecule has 1 aromatic heterocycles. The van der Waals surface area contributed by atoms with E-state index in [4.69, 9.17) is 14.6 Å². The molecule has 8 nitrogen and oxygen atoms in total. The molecule has 2 aliphatic heterocycles. The Kier molecular flexibility index (Phi) is 7.97. The molecule has 0 spiro atoms. The van der Waals surface area contributed by atoms with Crippen molar-refractivity contribution in [2.45, 2.75) is 90.9 Å². The quantitative estimate of drug-likeness (QED) is 0.499. The van der Waals surface area contributed by atoms with E-state index in [2.05, 4.69) is 29.2 Å². The van der Waals surface area contributed by atoms with Crippen LogP contribution in [0.4, 0.5) is 9.59 Å². The summed E-state index contributed by atoms with van der Waals surface area (Å²) >= 11 is 0. The molecule has 2 aliphatic rings. The van der Waals surface area contributed by atoms with Gasteiger partial charge in [0.05, 0.1) is 5.69 Å². The zero-order valence-corrected chi connectivity index (χ0v) is 23.2. The highest BCUT2D eigenvalue weighted by molar-refractivity contribution is 5.75. The fraction of sp³-hybridized carbons (Fsp3) is 0.621. The molecule has 1 amide bonds. The van der Waals surface area contributed by atoms with Gasteiger partial charge in [-0.05, 0) is 97.5 Å². The van der Waals surface area contributed by atoms with Crippen molar-refractivity contribution in [1.29, 1.82) is 0 Å². The van der Waals surface area contributed by atoms with Gasteiger partial charge in [0, 0.05) is 37.3 Å². The summed E-state index contributed by atoms with van der Waals surface area (Å²) in [4.78, 5) is 30.0. The van der Waals surface area contributed by atoms with Gasteiger partial charge in [0.1, 0.15) is 11.2 Å². The lowest BCUT2D eigenvalue weighted by Crippen LogP contribution is -2.42. The van der Waals surface area contributed by atoms with Crippen LogP contribution < -0.4 is 0 Å². The van der Waals surface area contributed by atoms with Gasteiger partial charge < -0.3 is 14.4 Å². The second-order valence-corrected chi connectivity index (χ2v) is 12.3. The average molecular weight is 511 g/mol. The van der Waals surface area contributed by atoms with Crippen LogP contribution in [0.1, 0.15) is 84.4 Å². The Bertz CT molecular complexity index is 1110. The Labute approximate surface area is 220 Å². The molecule has 0 bridgehead atoms. The number of nitrogens with zero attached hydrogens (tertiary/aromatic N) is 4. The van der Waals surface area contributed by atoms with Crippen LogP contribution in [0.3, 0.4) is 0 Å². The van der Waals surface area contributed by atoms with Crippen molar-refractivity contribution in [3.63, 3.8) is 0 Å². The van der Waals surface area contributed by atoms with Gasteiger partial charge in [-0.3, -0.25) is 4.90 Å². The van der Waals surface area contributed by atoms with Gasteiger partial charge in [-0.2, -0.15) is 9.78 Å². The molecule has 4 rings (SSSR count). The van der Waals surface area contributed by atoms with E-state index in [1.165, 1.54) is 23.1 Å². The fourth-order valence-corrected chi connectivity index (χ4v) is 5.04. The minimum Gasteiger partial charge on any atom is -0.444 e. The summed E-state index contributed by atoms with van der Waals surface area (Å²) in [6, 6.07) is 8.50. The molecular formula is C29H42N4O4. The van der Waals surface area contributed by atoms with Gasteiger partial charge >= 0.3 is 12.2 Å². The van der Waals surface area contributed by atoms with Crippen LogP contribution >= 0.6 is 0 Å². The number of benzene rings is 1. The highest BCUT2D eigenvalue weighted by atomic mass is 16.6. The summed E-state index contributed by atoms with van der Waals surface area (Å²) < 4.78 is 12.6. The second kappa shape index (κ2) is 10.9. The first-order valence-corrected chi connectivity index (χ1v) is 13.5. The van der Waals surface area contributed by atoms with Gasteiger partial charge in [-0.25, -0.2) is 9.59 Å². The molecule has 202 valence electrons. The Hall–Kier alpha value is -2.87. The molecule has 2 saturated heterocycles. The van der Waals surface area contributed by atoms with Crippen LogP contribution in [0, 0.1) is 0 Å². The largest absolute Gasteiger partial charge is 0.444 e. The fourth-order valence-electron chi connectivity index (χ4n) is 5.04.